The van der Waals surface area contributed by atoms with Crippen LogP contribution in [0.4, 0.5) is 0 Å². The summed E-state index contributed by atoms with van der Waals surface area (Å²) in [4.78, 5) is 16.1. The molecule has 0 aliphatic carbocycles. The maximum Gasteiger partial charge on any atom is 0.237 e. The summed E-state index contributed by atoms with van der Waals surface area (Å²) >= 11 is 0. The van der Waals surface area contributed by atoms with Crippen LogP contribution in [0.15, 0.2) is 30.3 Å². The van der Waals surface area contributed by atoms with Gasteiger partial charge in [0, 0.05) is 26.7 Å². The first-order valence-corrected chi connectivity index (χ1v) is 7.28. The van der Waals surface area contributed by atoms with Crippen molar-refractivity contribution in [2.75, 3.05) is 33.2 Å². The Hall–Kier alpha value is -1.90. The summed E-state index contributed by atoms with van der Waals surface area (Å²) in [5, 5.41) is 12.3. The average Bonchev–Trinajstić information content (AvgIpc) is 2.54. The number of amides is 1. The van der Waals surface area contributed by atoms with Crippen LogP contribution in [0.3, 0.4) is 0 Å². The molecule has 0 saturated carbocycles. The van der Waals surface area contributed by atoms with Gasteiger partial charge in [-0.05, 0) is 12.5 Å². The number of hydrogen-bond donors (Lipinski definition) is 1. The van der Waals surface area contributed by atoms with Crippen molar-refractivity contribution in [1.29, 1.82) is 5.26 Å². The fourth-order valence-corrected chi connectivity index (χ4v) is 2.52. The Kier molecular flexibility index (Phi) is 5.32. The van der Waals surface area contributed by atoms with E-state index in [1.54, 1.807) is 4.90 Å². The van der Waals surface area contributed by atoms with Gasteiger partial charge in [0.2, 0.25) is 5.91 Å². The lowest BCUT2D eigenvalue weighted by molar-refractivity contribution is -0.133. The molecule has 2 rings (SSSR count). The number of piperazine rings is 1. The molecule has 1 aliphatic rings. The van der Waals surface area contributed by atoms with E-state index >= 15 is 0 Å². The first kappa shape index (κ1) is 15.5. The second-order valence-corrected chi connectivity index (χ2v) is 5.41. The average molecular weight is 286 g/mol. The third-order valence-electron chi connectivity index (χ3n) is 4.10. The molecule has 5 heteroatoms. The molecule has 2 atom stereocenters. The molecule has 1 aromatic rings. The van der Waals surface area contributed by atoms with E-state index in [1.807, 2.05) is 49.2 Å². The summed E-state index contributed by atoms with van der Waals surface area (Å²) in [5.41, 5.74) is 1.12. The van der Waals surface area contributed by atoms with Crippen LogP contribution in [0.5, 0.6) is 0 Å². The summed E-state index contributed by atoms with van der Waals surface area (Å²) in [6, 6.07) is 12.0. The third kappa shape index (κ3) is 3.81. The minimum atomic E-state index is -0.219. The minimum absolute atomic E-state index is 0.0298. The molecule has 2 unspecified atom stereocenters. The number of nitrogens with zero attached hydrogens (tertiary/aromatic N) is 3. The maximum absolute atomic E-state index is 12.4. The van der Waals surface area contributed by atoms with Gasteiger partial charge in [-0.25, -0.2) is 0 Å². The molecule has 1 fully saturated rings. The van der Waals surface area contributed by atoms with Gasteiger partial charge in [-0.3, -0.25) is 9.69 Å². The van der Waals surface area contributed by atoms with E-state index in [1.165, 1.54) is 0 Å². The molecule has 1 heterocycles. The zero-order chi connectivity index (χ0) is 15.2. The van der Waals surface area contributed by atoms with Crippen LogP contribution in [-0.4, -0.2) is 55.0 Å². The first-order chi connectivity index (χ1) is 10.1. The number of carbonyl (C=O) groups excluding carboxylic acids is 1. The van der Waals surface area contributed by atoms with Gasteiger partial charge in [-0.1, -0.05) is 30.3 Å². The quantitative estimate of drug-likeness (QED) is 0.897. The van der Waals surface area contributed by atoms with E-state index in [9.17, 15) is 4.79 Å². The van der Waals surface area contributed by atoms with Crippen LogP contribution in [-0.2, 0) is 4.79 Å². The molecule has 0 radical (unpaired) electrons. The lowest BCUT2D eigenvalue weighted by Gasteiger charge is -2.34. The maximum atomic E-state index is 12.4. The number of hydrogen-bond acceptors (Lipinski definition) is 4. The molecule has 1 N–H and O–H groups in total. The van der Waals surface area contributed by atoms with Crippen molar-refractivity contribution in [3.8, 4) is 6.07 Å². The molecule has 21 heavy (non-hydrogen) atoms. The molecule has 5 nitrogen and oxygen atoms in total. The summed E-state index contributed by atoms with van der Waals surface area (Å²) in [6.45, 7) is 4.50. The van der Waals surface area contributed by atoms with Gasteiger partial charge >= 0.3 is 0 Å². The topological polar surface area (TPSA) is 59.4 Å². The molecule has 1 amide bonds. The highest BCUT2D eigenvalue weighted by Gasteiger charge is 2.26. The van der Waals surface area contributed by atoms with Gasteiger partial charge in [-0.2, -0.15) is 5.26 Å². The SMILES string of the molecule is CC(c1ccccc1)N(C)C(=O)CN1CCNCC1C#N. The highest BCUT2D eigenvalue weighted by Crippen LogP contribution is 2.18. The van der Waals surface area contributed by atoms with Crippen molar-refractivity contribution in [2.45, 2.75) is 19.0 Å². The molecular weight excluding hydrogens is 264 g/mol. The van der Waals surface area contributed by atoms with Gasteiger partial charge < -0.3 is 10.2 Å². The molecule has 1 saturated heterocycles. The zero-order valence-electron chi connectivity index (χ0n) is 12.6. The largest absolute Gasteiger partial charge is 0.338 e. The van der Waals surface area contributed by atoms with E-state index < -0.39 is 0 Å². The minimum Gasteiger partial charge on any atom is -0.338 e. The van der Waals surface area contributed by atoms with Crippen molar-refractivity contribution < 1.29 is 4.79 Å². The second kappa shape index (κ2) is 7.21. The predicted molar refractivity (Wildman–Crippen MR) is 81.5 cm³/mol. The lowest BCUT2D eigenvalue weighted by atomic mass is 10.1. The molecule has 112 valence electrons. The van der Waals surface area contributed by atoms with E-state index in [2.05, 4.69) is 11.4 Å². The fourth-order valence-electron chi connectivity index (χ4n) is 2.52. The number of benzene rings is 1. The van der Waals surface area contributed by atoms with Crippen molar-refractivity contribution in [2.24, 2.45) is 0 Å². The molecule has 0 spiro atoms. The highest BCUT2D eigenvalue weighted by atomic mass is 16.2. The Morgan fingerprint density at radius 1 is 1.52 bits per heavy atom. The van der Waals surface area contributed by atoms with Crippen molar-refractivity contribution in [3.63, 3.8) is 0 Å². The Bertz CT molecular complexity index is 511. The van der Waals surface area contributed by atoms with Gasteiger partial charge in [0.05, 0.1) is 18.7 Å². The summed E-state index contributed by atoms with van der Waals surface area (Å²) in [7, 11) is 1.82. The number of carbonyl (C=O) groups is 1. The third-order valence-corrected chi connectivity index (χ3v) is 4.10. The van der Waals surface area contributed by atoms with E-state index in [4.69, 9.17) is 5.26 Å². The van der Waals surface area contributed by atoms with Crippen LogP contribution >= 0.6 is 0 Å². The van der Waals surface area contributed by atoms with Gasteiger partial charge in [0.1, 0.15) is 6.04 Å². The lowest BCUT2D eigenvalue weighted by Crippen LogP contribution is -2.53. The van der Waals surface area contributed by atoms with E-state index in [-0.39, 0.29) is 18.0 Å². The zero-order valence-corrected chi connectivity index (χ0v) is 12.6. The van der Waals surface area contributed by atoms with Crippen molar-refractivity contribution >= 4 is 5.91 Å². The summed E-state index contributed by atoms with van der Waals surface area (Å²) in [5.74, 6) is 0.0495. The molecule has 1 aromatic carbocycles. The van der Waals surface area contributed by atoms with Crippen LogP contribution in [0.1, 0.15) is 18.5 Å². The summed E-state index contributed by atoms with van der Waals surface area (Å²) < 4.78 is 0. The number of likely N-dealkylation sites (N-methyl/N-ethyl adjacent to an activating group) is 1. The number of nitrogens with one attached hydrogen (secondary N) is 1. The Morgan fingerprint density at radius 2 is 2.24 bits per heavy atom. The molecule has 0 aromatic heterocycles. The van der Waals surface area contributed by atoms with Gasteiger partial charge in [0.25, 0.3) is 0 Å². The molecule has 0 bridgehead atoms. The number of nitriles is 1. The van der Waals surface area contributed by atoms with E-state index in [0.29, 0.717) is 13.1 Å². The Balaban J connectivity index is 1.97. The molecule has 1 aliphatic heterocycles. The Morgan fingerprint density at radius 3 is 2.90 bits per heavy atom. The number of rotatable bonds is 4. The smallest absolute Gasteiger partial charge is 0.237 e. The van der Waals surface area contributed by atoms with Crippen LogP contribution in [0, 0.1) is 11.3 Å². The van der Waals surface area contributed by atoms with Gasteiger partial charge in [-0.15, -0.1) is 0 Å². The normalized spacial score (nSPS) is 20.5. The standard InChI is InChI=1S/C16H22N4O/c1-13(14-6-4-3-5-7-14)19(2)16(21)12-20-9-8-18-11-15(20)10-17/h3-7,13,15,18H,8-9,11-12H2,1-2H3. The van der Waals surface area contributed by atoms with Crippen LogP contribution in [0.25, 0.3) is 0 Å². The summed E-state index contributed by atoms with van der Waals surface area (Å²) in [6.07, 6.45) is 0. The van der Waals surface area contributed by atoms with Crippen LogP contribution < -0.4 is 5.32 Å². The first-order valence-electron chi connectivity index (χ1n) is 7.28. The van der Waals surface area contributed by atoms with Crippen molar-refractivity contribution in [1.82, 2.24) is 15.1 Å². The Labute approximate surface area is 126 Å². The van der Waals surface area contributed by atoms with Crippen LogP contribution in [0.2, 0.25) is 0 Å². The predicted octanol–water partition coefficient (Wildman–Crippen LogP) is 1.00. The second-order valence-electron chi connectivity index (χ2n) is 5.41. The highest BCUT2D eigenvalue weighted by molar-refractivity contribution is 5.78. The van der Waals surface area contributed by atoms with E-state index in [0.717, 1.165) is 18.7 Å². The fraction of sp³-hybridized carbons (Fsp3) is 0.500. The monoisotopic (exact) mass is 286 g/mol. The van der Waals surface area contributed by atoms with Crippen molar-refractivity contribution in [3.05, 3.63) is 35.9 Å². The van der Waals surface area contributed by atoms with Gasteiger partial charge in [0.15, 0.2) is 0 Å². The molecular formula is C16H22N4O.